The van der Waals surface area contributed by atoms with Gasteiger partial charge in [-0.2, -0.15) is 0 Å². The van der Waals surface area contributed by atoms with E-state index in [0.717, 1.165) is 17.7 Å². The number of methoxy groups -OCH3 is 1. The second-order valence-corrected chi connectivity index (χ2v) is 3.50. The molecule has 3 heteroatoms. The van der Waals surface area contributed by atoms with Gasteiger partial charge in [0.2, 0.25) is 5.24 Å². The Hall–Kier alpha value is -1.02. The van der Waals surface area contributed by atoms with E-state index in [1.807, 2.05) is 18.2 Å². The van der Waals surface area contributed by atoms with Crippen molar-refractivity contribution in [3.63, 3.8) is 0 Å². The maximum Gasteiger partial charge on any atom is 0.229 e. The summed E-state index contributed by atoms with van der Waals surface area (Å²) in [5.41, 5.74) is 2.21. The first-order valence-electron chi connectivity index (χ1n) is 4.08. The SMILES string of the molecule is COc1ccc2c(c1)CC2C(=O)Cl. The van der Waals surface area contributed by atoms with Gasteiger partial charge in [-0.1, -0.05) is 6.07 Å². The number of carbonyl (C=O) groups is 1. The Labute approximate surface area is 81.5 Å². The number of hydrogen-bond donors (Lipinski definition) is 0. The Bertz CT molecular complexity index is 360. The van der Waals surface area contributed by atoms with Gasteiger partial charge in [-0.25, -0.2) is 0 Å². The second-order valence-electron chi connectivity index (χ2n) is 3.13. The Morgan fingerprint density at radius 1 is 1.62 bits per heavy atom. The standard InChI is InChI=1S/C10H9ClO2/c1-13-7-2-3-8-6(4-7)5-9(8)10(11)12/h2-4,9H,5H2,1H3. The lowest BCUT2D eigenvalue weighted by atomic mass is 9.78. The average Bonchev–Trinajstić information content (AvgIpc) is 2.06. The highest BCUT2D eigenvalue weighted by atomic mass is 35.5. The highest BCUT2D eigenvalue weighted by Gasteiger charge is 2.31. The molecule has 1 atom stereocenters. The van der Waals surface area contributed by atoms with E-state index < -0.39 is 0 Å². The Morgan fingerprint density at radius 3 is 2.92 bits per heavy atom. The van der Waals surface area contributed by atoms with Gasteiger partial charge in [-0.05, 0) is 41.3 Å². The molecule has 1 aliphatic carbocycles. The van der Waals surface area contributed by atoms with Gasteiger partial charge >= 0.3 is 0 Å². The van der Waals surface area contributed by atoms with Gasteiger partial charge < -0.3 is 4.74 Å². The van der Waals surface area contributed by atoms with Crippen LogP contribution in [0.15, 0.2) is 18.2 Å². The molecule has 0 saturated heterocycles. The molecule has 0 radical (unpaired) electrons. The minimum absolute atomic E-state index is 0.0948. The minimum atomic E-state index is -0.266. The number of ether oxygens (including phenoxy) is 1. The van der Waals surface area contributed by atoms with Crippen molar-refractivity contribution in [3.05, 3.63) is 29.3 Å². The highest BCUT2D eigenvalue weighted by molar-refractivity contribution is 6.64. The Balaban J connectivity index is 2.30. The lowest BCUT2D eigenvalue weighted by Gasteiger charge is -2.27. The van der Waals surface area contributed by atoms with Gasteiger partial charge in [0.1, 0.15) is 5.75 Å². The van der Waals surface area contributed by atoms with Crippen molar-refractivity contribution in [2.45, 2.75) is 12.3 Å². The van der Waals surface area contributed by atoms with Crippen LogP contribution in [0.5, 0.6) is 5.75 Å². The van der Waals surface area contributed by atoms with Gasteiger partial charge in [0.25, 0.3) is 0 Å². The molecule has 2 rings (SSSR count). The molecule has 0 spiro atoms. The first-order valence-corrected chi connectivity index (χ1v) is 4.46. The lowest BCUT2D eigenvalue weighted by molar-refractivity contribution is -0.113. The summed E-state index contributed by atoms with van der Waals surface area (Å²) >= 11 is 5.41. The third-order valence-corrected chi connectivity index (χ3v) is 2.69. The van der Waals surface area contributed by atoms with Crippen LogP contribution in [0.2, 0.25) is 0 Å². The van der Waals surface area contributed by atoms with Crippen LogP contribution >= 0.6 is 11.6 Å². The molecule has 0 bridgehead atoms. The van der Waals surface area contributed by atoms with Crippen molar-refractivity contribution >= 4 is 16.8 Å². The largest absolute Gasteiger partial charge is 0.497 e. The smallest absolute Gasteiger partial charge is 0.229 e. The first-order chi connectivity index (χ1) is 6.22. The minimum Gasteiger partial charge on any atom is -0.497 e. The Morgan fingerprint density at radius 2 is 2.38 bits per heavy atom. The maximum absolute atomic E-state index is 10.9. The topological polar surface area (TPSA) is 26.3 Å². The number of halogens is 1. The summed E-state index contributed by atoms with van der Waals surface area (Å²) in [5, 5.41) is -0.266. The molecule has 68 valence electrons. The predicted octanol–water partition coefficient (Wildman–Crippen LogP) is 2.10. The number of rotatable bonds is 2. The van der Waals surface area contributed by atoms with Gasteiger partial charge in [0.15, 0.2) is 0 Å². The first kappa shape index (κ1) is 8.57. The molecule has 0 aromatic heterocycles. The van der Waals surface area contributed by atoms with Crippen LogP contribution in [0.1, 0.15) is 17.0 Å². The lowest BCUT2D eigenvalue weighted by Crippen LogP contribution is -2.21. The van der Waals surface area contributed by atoms with Crippen molar-refractivity contribution in [1.29, 1.82) is 0 Å². The number of benzene rings is 1. The maximum atomic E-state index is 10.9. The van der Waals surface area contributed by atoms with E-state index in [4.69, 9.17) is 16.3 Å². The fourth-order valence-corrected chi connectivity index (χ4v) is 1.82. The zero-order valence-corrected chi connectivity index (χ0v) is 7.97. The average molecular weight is 197 g/mol. The number of hydrogen-bond acceptors (Lipinski definition) is 2. The van der Waals surface area contributed by atoms with Crippen LogP contribution in [-0.4, -0.2) is 12.4 Å². The molecule has 0 amide bonds. The number of carbonyl (C=O) groups excluding carboxylic acids is 1. The summed E-state index contributed by atoms with van der Waals surface area (Å²) < 4.78 is 5.06. The Kier molecular flexibility index (Phi) is 2.00. The highest BCUT2D eigenvalue weighted by Crippen LogP contribution is 2.38. The van der Waals surface area contributed by atoms with Gasteiger partial charge in [0, 0.05) is 0 Å². The molecule has 0 heterocycles. The molecule has 0 aliphatic heterocycles. The molecule has 1 unspecified atom stereocenters. The summed E-state index contributed by atoms with van der Waals surface area (Å²) in [4.78, 5) is 10.9. The van der Waals surface area contributed by atoms with E-state index in [-0.39, 0.29) is 11.2 Å². The van der Waals surface area contributed by atoms with Crippen LogP contribution in [0.3, 0.4) is 0 Å². The molecule has 2 nitrogen and oxygen atoms in total. The van der Waals surface area contributed by atoms with Crippen LogP contribution in [0.25, 0.3) is 0 Å². The number of fused-ring (bicyclic) bond motifs is 1. The molecular formula is C10H9ClO2. The van der Waals surface area contributed by atoms with Crippen LogP contribution < -0.4 is 4.74 Å². The molecule has 0 fully saturated rings. The monoisotopic (exact) mass is 196 g/mol. The van der Waals surface area contributed by atoms with Crippen molar-refractivity contribution in [3.8, 4) is 5.75 Å². The quantitative estimate of drug-likeness (QED) is 0.678. The van der Waals surface area contributed by atoms with E-state index in [2.05, 4.69) is 0 Å². The van der Waals surface area contributed by atoms with Crippen LogP contribution in [-0.2, 0) is 11.2 Å². The third kappa shape index (κ3) is 1.31. The fourth-order valence-electron chi connectivity index (χ4n) is 1.63. The van der Waals surface area contributed by atoms with E-state index in [0.29, 0.717) is 0 Å². The molecule has 1 aliphatic rings. The van der Waals surface area contributed by atoms with E-state index in [1.54, 1.807) is 7.11 Å². The summed E-state index contributed by atoms with van der Waals surface area (Å²) in [6.07, 6.45) is 0.745. The predicted molar refractivity (Wildman–Crippen MR) is 50.3 cm³/mol. The third-order valence-electron chi connectivity index (χ3n) is 2.42. The molecule has 0 saturated carbocycles. The summed E-state index contributed by atoms with van der Waals surface area (Å²) in [5.74, 6) is 0.738. The van der Waals surface area contributed by atoms with Gasteiger partial charge in [-0.3, -0.25) is 4.79 Å². The van der Waals surface area contributed by atoms with Gasteiger partial charge in [0.05, 0.1) is 13.0 Å². The van der Waals surface area contributed by atoms with Gasteiger partial charge in [-0.15, -0.1) is 0 Å². The van der Waals surface area contributed by atoms with E-state index >= 15 is 0 Å². The molecule has 1 aromatic carbocycles. The molecule has 1 aromatic rings. The molecular weight excluding hydrogens is 188 g/mol. The zero-order valence-electron chi connectivity index (χ0n) is 7.21. The van der Waals surface area contributed by atoms with Crippen LogP contribution in [0, 0.1) is 0 Å². The van der Waals surface area contributed by atoms with Crippen molar-refractivity contribution in [1.82, 2.24) is 0 Å². The van der Waals surface area contributed by atoms with Crippen molar-refractivity contribution in [2.75, 3.05) is 7.11 Å². The summed E-state index contributed by atoms with van der Waals surface area (Å²) in [6, 6.07) is 5.71. The van der Waals surface area contributed by atoms with E-state index in [1.165, 1.54) is 5.56 Å². The summed E-state index contributed by atoms with van der Waals surface area (Å²) in [7, 11) is 1.63. The van der Waals surface area contributed by atoms with Crippen molar-refractivity contribution < 1.29 is 9.53 Å². The second kappa shape index (κ2) is 3.04. The van der Waals surface area contributed by atoms with E-state index in [9.17, 15) is 4.79 Å². The molecule has 13 heavy (non-hydrogen) atoms. The van der Waals surface area contributed by atoms with Crippen LogP contribution in [0.4, 0.5) is 0 Å². The summed E-state index contributed by atoms with van der Waals surface area (Å²) in [6.45, 7) is 0. The fraction of sp³-hybridized carbons (Fsp3) is 0.300. The van der Waals surface area contributed by atoms with Crippen molar-refractivity contribution in [2.24, 2.45) is 0 Å². The molecule has 0 N–H and O–H groups in total. The normalized spacial score (nSPS) is 18.8. The zero-order chi connectivity index (χ0) is 9.42.